The molecule has 0 spiro atoms. The van der Waals surface area contributed by atoms with E-state index in [1.165, 1.54) is 7.11 Å². The van der Waals surface area contributed by atoms with Gasteiger partial charge in [0.1, 0.15) is 6.61 Å². The van der Waals surface area contributed by atoms with E-state index in [2.05, 4.69) is 34.2 Å². The van der Waals surface area contributed by atoms with E-state index >= 15 is 0 Å². The third-order valence-electron chi connectivity index (χ3n) is 7.17. The molecule has 0 saturated heterocycles. The van der Waals surface area contributed by atoms with Crippen LogP contribution in [0.1, 0.15) is 77.2 Å². The van der Waals surface area contributed by atoms with Gasteiger partial charge < -0.3 is 19.5 Å². The zero-order valence-corrected chi connectivity index (χ0v) is 25.1. The summed E-state index contributed by atoms with van der Waals surface area (Å²) in [7, 11) is 1.50. The van der Waals surface area contributed by atoms with Gasteiger partial charge in [-0.25, -0.2) is 0 Å². The number of nitrogens with one attached hydrogen (secondary N) is 1. The molecule has 212 valence electrons. The maximum absolute atomic E-state index is 13.4. The molecule has 1 N–H and O–H groups in total. The number of allylic oxidation sites excluding steroid dienone is 2. The number of nitriles is 1. The Kier molecular flexibility index (Phi) is 12.0. The van der Waals surface area contributed by atoms with E-state index in [1.807, 2.05) is 26.0 Å². The van der Waals surface area contributed by atoms with Gasteiger partial charge in [-0.2, -0.15) is 5.26 Å². The SMILES string of the molecule is CCCC1CC(=O)C2=C(C1)N=C(C)C(C#N)C2c1cc(Br)c(OCCCCCNC(=O)COC)c(OCC)c1. The van der Waals surface area contributed by atoms with Gasteiger partial charge in [-0.05, 0) is 85.5 Å². The fourth-order valence-corrected chi connectivity index (χ4v) is 6.01. The number of Topliss-reactive ketones (excluding diaryl/α,β-unsaturated/α-hetero) is 1. The van der Waals surface area contributed by atoms with E-state index in [0.29, 0.717) is 49.2 Å². The monoisotopic (exact) mass is 601 g/mol. The Morgan fingerprint density at radius 1 is 1.21 bits per heavy atom. The number of amides is 1. The first kappa shape index (κ1) is 30.8. The van der Waals surface area contributed by atoms with Crippen LogP contribution < -0.4 is 14.8 Å². The number of aliphatic imine (C=N–C) groups is 1. The summed E-state index contributed by atoms with van der Waals surface area (Å²) in [6.07, 6.45) is 5.88. The largest absolute Gasteiger partial charge is 0.490 e. The molecule has 1 aromatic rings. The summed E-state index contributed by atoms with van der Waals surface area (Å²) in [5.41, 5.74) is 3.12. The molecular weight excluding hydrogens is 562 g/mol. The van der Waals surface area contributed by atoms with Crippen molar-refractivity contribution in [1.82, 2.24) is 5.32 Å². The van der Waals surface area contributed by atoms with Crippen LogP contribution >= 0.6 is 15.9 Å². The predicted molar refractivity (Wildman–Crippen MR) is 154 cm³/mol. The third kappa shape index (κ3) is 7.92. The van der Waals surface area contributed by atoms with Gasteiger partial charge in [0, 0.05) is 43.0 Å². The Morgan fingerprint density at radius 3 is 2.69 bits per heavy atom. The van der Waals surface area contributed by atoms with Crippen LogP contribution in [0.5, 0.6) is 11.5 Å². The highest BCUT2D eigenvalue weighted by molar-refractivity contribution is 9.10. The van der Waals surface area contributed by atoms with E-state index in [0.717, 1.165) is 60.0 Å². The van der Waals surface area contributed by atoms with E-state index < -0.39 is 11.8 Å². The molecule has 1 aliphatic carbocycles. The van der Waals surface area contributed by atoms with Crippen LogP contribution in [-0.4, -0.2) is 50.9 Å². The highest BCUT2D eigenvalue weighted by Gasteiger charge is 2.41. The van der Waals surface area contributed by atoms with Gasteiger partial charge in [-0.1, -0.05) is 13.3 Å². The summed E-state index contributed by atoms with van der Waals surface area (Å²) in [5.74, 6) is 0.569. The summed E-state index contributed by atoms with van der Waals surface area (Å²) in [5, 5.41) is 12.9. The van der Waals surface area contributed by atoms with Gasteiger partial charge in [0.2, 0.25) is 5.91 Å². The molecule has 3 atom stereocenters. The minimum absolute atomic E-state index is 0.0712. The van der Waals surface area contributed by atoms with Crippen LogP contribution in [0.4, 0.5) is 0 Å². The third-order valence-corrected chi connectivity index (χ3v) is 7.75. The number of ether oxygens (including phenoxy) is 3. The van der Waals surface area contributed by atoms with Gasteiger partial charge >= 0.3 is 0 Å². The molecule has 9 heteroatoms. The number of carbonyl (C=O) groups excluding carboxylic acids is 2. The maximum atomic E-state index is 13.4. The number of nitrogens with zero attached hydrogens (tertiary/aromatic N) is 2. The Labute approximate surface area is 240 Å². The Hall–Kier alpha value is -2.70. The van der Waals surface area contributed by atoms with Crippen molar-refractivity contribution in [3.05, 3.63) is 33.4 Å². The molecular formula is C30H40BrN3O5. The molecule has 1 aliphatic heterocycles. The van der Waals surface area contributed by atoms with Crippen molar-refractivity contribution < 1.29 is 23.8 Å². The average Bonchev–Trinajstić information content (AvgIpc) is 2.89. The van der Waals surface area contributed by atoms with Crippen molar-refractivity contribution in [1.29, 1.82) is 5.26 Å². The van der Waals surface area contributed by atoms with Crippen LogP contribution in [0.15, 0.2) is 32.9 Å². The number of methoxy groups -OCH3 is 1. The highest BCUT2D eigenvalue weighted by Crippen LogP contribution is 2.48. The molecule has 0 bridgehead atoms. The molecule has 8 nitrogen and oxygen atoms in total. The molecule has 3 unspecified atom stereocenters. The van der Waals surface area contributed by atoms with Crippen molar-refractivity contribution in [3.8, 4) is 17.6 Å². The van der Waals surface area contributed by atoms with Crippen molar-refractivity contribution in [2.45, 2.75) is 71.6 Å². The molecule has 39 heavy (non-hydrogen) atoms. The van der Waals surface area contributed by atoms with E-state index in [9.17, 15) is 14.9 Å². The van der Waals surface area contributed by atoms with Gasteiger partial charge in [0.15, 0.2) is 17.3 Å². The number of carbonyl (C=O) groups is 2. The number of benzene rings is 1. The highest BCUT2D eigenvalue weighted by atomic mass is 79.9. The average molecular weight is 603 g/mol. The van der Waals surface area contributed by atoms with Crippen molar-refractivity contribution in [2.75, 3.05) is 33.5 Å². The van der Waals surface area contributed by atoms with Gasteiger partial charge in [-0.15, -0.1) is 0 Å². The molecule has 2 aliphatic rings. The summed E-state index contributed by atoms with van der Waals surface area (Å²) >= 11 is 3.67. The van der Waals surface area contributed by atoms with Crippen LogP contribution in [-0.2, 0) is 14.3 Å². The lowest BCUT2D eigenvalue weighted by molar-refractivity contribution is -0.124. The van der Waals surface area contributed by atoms with E-state index in [1.54, 1.807) is 0 Å². The molecule has 0 aromatic heterocycles. The molecule has 1 heterocycles. The fourth-order valence-electron chi connectivity index (χ4n) is 5.44. The zero-order valence-electron chi connectivity index (χ0n) is 23.5. The summed E-state index contributed by atoms with van der Waals surface area (Å²) in [6.45, 7) is 7.55. The molecule has 3 rings (SSSR count). The van der Waals surface area contributed by atoms with Crippen molar-refractivity contribution in [2.24, 2.45) is 16.8 Å². The van der Waals surface area contributed by atoms with Gasteiger partial charge in [-0.3, -0.25) is 14.6 Å². The van der Waals surface area contributed by atoms with Gasteiger partial charge in [0.25, 0.3) is 0 Å². The maximum Gasteiger partial charge on any atom is 0.245 e. The number of unbranched alkanes of at least 4 members (excludes halogenated alkanes) is 2. The van der Waals surface area contributed by atoms with Gasteiger partial charge in [0.05, 0.1) is 29.7 Å². The number of ketones is 1. The number of hydrogen-bond donors (Lipinski definition) is 1. The first-order chi connectivity index (χ1) is 18.8. The molecule has 0 fully saturated rings. The van der Waals surface area contributed by atoms with Crippen molar-refractivity contribution in [3.63, 3.8) is 0 Å². The Morgan fingerprint density at radius 2 is 2.00 bits per heavy atom. The van der Waals surface area contributed by atoms with E-state index in [-0.39, 0.29) is 18.3 Å². The smallest absolute Gasteiger partial charge is 0.245 e. The minimum Gasteiger partial charge on any atom is -0.490 e. The normalized spacial score (nSPS) is 20.7. The van der Waals surface area contributed by atoms with Crippen LogP contribution in [0.25, 0.3) is 0 Å². The quantitative estimate of drug-likeness (QED) is 0.266. The summed E-state index contributed by atoms with van der Waals surface area (Å²) < 4.78 is 17.6. The van der Waals surface area contributed by atoms with Crippen LogP contribution in [0.3, 0.4) is 0 Å². The zero-order chi connectivity index (χ0) is 28.4. The first-order valence-electron chi connectivity index (χ1n) is 13.9. The molecule has 1 amide bonds. The lowest BCUT2D eigenvalue weighted by atomic mass is 9.70. The number of rotatable bonds is 14. The summed E-state index contributed by atoms with van der Waals surface area (Å²) in [4.78, 5) is 29.6. The summed E-state index contributed by atoms with van der Waals surface area (Å²) in [6, 6.07) is 6.28. The second kappa shape index (κ2) is 15.2. The van der Waals surface area contributed by atoms with E-state index in [4.69, 9.17) is 19.2 Å². The Bertz CT molecular complexity index is 1140. The Balaban J connectivity index is 1.78. The second-order valence-corrected chi connectivity index (χ2v) is 11.0. The number of hydrogen-bond acceptors (Lipinski definition) is 7. The topological polar surface area (TPSA) is 110 Å². The predicted octanol–water partition coefficient (Wildman–Crippen LogP) is 5.89. The number of halogens is 1. The molecule has 0 saturated carbocycles. The first-order valence-corrected chi connectivity index (χ1v) is 14.7. The second-order valence-electron chi connectivity index (χ2n) is 10.1. The lowest BCUT2D eigenvalue weighted by Crippen LogP contribution is -2.32. The fraction of sp³-hybridized carbons (Fsp3) is 0.600. The standard InChI is InChI=1S/C30H40BrN3O5/c1-5-10-20-13-24-29(25(35)14-20)28(22(17-32)19(3)34-24)21-15-23(31)30(26(16-21)38-6-2)39-12-9-7-8-11-33-27(36)18-37-4/h15-16,20,22,28H,5-14,18H2,1-4H3,(H,33,36). The minimum atomic E-state index is -0.520. The van der Waals surface area contributed by atoms with Crippen LogP contribution in [0.2, 0.25) is 0 Å². The van der Waals surface area contributed by atoms with Crippen LogP contribution in [0, 0.1) is 23.2 Å². The molecule has 0 radical (unpaired) electrons. The lowest BCUT2D eigenvalue weighted by Gasteiger charge is -2.35. The molecule has 1 aromatic carbocycles. The van der Waals surface area contributed by atoms with Crippen molar-refractivity contribution >= 4 is 33.3 Å².